The lowest BCUT2D eigenvalue weighted by molar-refractivity contribution is -0.113. The van der Waals surface area contributed by atoms with E-state index in [0.29, 0.717) is 0 Å². The topological polar surface area (TPSA) is 46.3 Å². The Kier molecular flexibility index (Phi) is 3.09. The SMILES string of the molecule is CC(C)(/C=C/C(N)=O)N1CCCC1. The number of nitrogens with two attached hydrogens (primary N) is 1. The molecule has 0 saturated carbocycles. The van der Waals surface area contributed by atoms with Gasteiger partial charge in [0.2, 0.25) is 5.91 Å². The first kappa shape index (κ1) is 10.3. The minimum Gasteiger partial charge on any atom is -0.366 e. The predicted octanol–water partition coefficient (Wildman–Crippen LogP) is 0.902. The van der Waals surface area contributed by atoms with Crippen molar-refractivity contribution in [2.24, 2.45) is 5.73 Å². The summed E-state index contributed by atoms with van der Waals surface area (Å²) in [6.45, 7) is 6.46. The Morgan fingerprint density at radius 2 is 1.92 bits per heavy atom. The van der Waals surface area contributed by atoms with Crippen LogP contribution in [0.25, 0.3) is 0 Å². The molecule has 0 aromatic rings. The minimum atomic E-state index is -0.368. The summed E-state index contributed by atoms with van der Waals surface area (Å²) in [5.74, 6) is -0.368. The van der Waals surface area contributed by atoms with E-state index in [0.717, 1.165) is 13.1 Å². The van der Waals surface area contributed by atoms with E-state index in [1.807, 2.05) is 6.08 Å². The Morgan fingerprint density at radius 3 is 2.38 bits per heavy atom. The van der Waals surface area contributed by atoms with Gasteiger partial charge >= 0.3 is 0 Å². The molecule has 1 saturated heterocycles. The second-order valence-corrected chi connectivity index (χ2v) is 4.08. The molecule has 0 unspecified atom stereocenters. The highest BCUT2D eigenvalue weighted by molar-refractivity contribution is 5.85. The molecule has 1 fully saturated rings. The maximum absolute atomic E-state index is 10.6. The third kappa shape index (κ3) is 2.84. The summed E-state index contributed by atoms with van der Waals surface area (Å²) < 4.78 is 0. The highest BCUT2D eigenvalue weighted by atomic mass is 16.1. The number of likely N-dealkylation sites (tertiary alicyclic amines) is 1. The Morgan fingerprint density at radius 1 is 1.38 bits per heavy atom. The average molecular weight is 182 g/mol. The van der Waals surface area contributed by atoms with Crippen molar-refractivity contribution < 1.29 is 4.79 Å². The van der Waals surface area contributed by atoms with E-state index in [1.165, 1.54) is 18.9 Å². The maximum atomic E-state index is 10.6. The van der Waals surface area contributed by atoms with Crippen LogP contribution in [0.2, 0.25) is 0 Å². The second kappa shape index (κ2) is 3.92. The molecule has 0 aromatic carbocycles. The molecule has 2 N–H and O–H groups in total. The average Bonchev–Trinajstić information content (AvgIpc) is 2.53. The zero-order valence-corrected chi connectivity index (χ0v) is 8.42. The van der Waals surface area contributed by atoms with Crippen LogP contribution in [0.5, 0.6) is 0 Å². The predicted molar refractivity (Wildman–Crippen MR) is 53.2 cm³/mol. The summed E-state index contributed by atoms with van der Waals surface area (Å²) >= 11 is 0. The molecule has 3 heteroatoms. The highest BCUT2D eigenvalue weighted by Gasteiger charge is 2.26. The largest absolute Gasteiger partial charge is 0.366 e. The molecule has 0 bridgehead atoms. The van der Waals surface area contributed by atoms with Crippen molar-refractivity contribution in [1.29, 1.82) is 0 Å². The number of nitrogens with zero attached hydrogens (tertiary/aromatic N) is 1. The summed E-state index contributed by atoms with van der Waals surface area (Å²) in [6, 6.07) is 0. The van der Waals surface area contributed by atoms with E-state index in [9.17, 15) is 4.79 Å². The number of primary amides is 1. The van der Waals surface area contributed by atoms with Crippen LogP contribution in [0.3, 0.4) is 0 Å². The van der Waals surface area contributed by atoms with Crippen molar-refractivity contribution in [3.05, 3.63) is 12.2 Å². The summed E-state index contributed by atoms with van der Waals surface area (Å²) in [4.78, 5) is 12.9. The number of hydrogen-bond donors (Lipinski definition) is 1. The molecule has 13 heavy (non-hydrogen) atoms. The quantitative estimate of drug-likeness (QED) is 0.659. The summed E-state index contributed by atoms with van der Waals surface area (Å²) in [7, 11) is 0. The maximum Gasteiger partial charge on any atom is 0.241 e. The van der Waals surface area contributed by atoms with Crippen molar-refractivity contribution in [1.82, 2.24) is 4.90 Å². The number of carbonyl (C=O) groups is 1. The summed E-state index contributed by atoms with van der Waals surface area (Å²) in [5.41, 5.74) is 5.02. The molecule has 1 aliphatic rings. The van der Waals surface area contributed by atoms with Crippen LogP contribution in [0, 0.1) is 0 Å². The van der Waals surface area contributed by atoms with Gasteiger partial charge in [0.1, 0.15) is 0 Å². The molecular formula is C10H18N2O. The van der Waals surface area contributed by atoms with E-state index in [2.05, 4.69) is 18.7 Å². The van der Waals surface area contributed by atoms with Gasteiger partial charge in [0.05, 0.1) is 0 Å². The van der Waals surface area contributed by atoms with E-state index in [1.54, 1.807) is 0 Å². The molecule has 1 amide bonds. The lowest BCUT2D eigenvalue weighted by atomic mass is 10.0. The van der Waals surface area contributed by atoms with Gasteiger partial charge in [-0.3, -0.25) is 9.69 Å². The zero-order valence-electron chi connectivity index (χ0n) is 8.42. The van der Waals surface area contributed by atoms with Crippen LogP contribution in [0.1, 0.15) is 26.7 Å². The molecule has 1 aliphatic heterocycles. The van der Waals surface area contributed by atoms with Gasteiger partial charge in [0, 0.05) is 11.6 Å². The van der Waals surface area contributed by atoms with Crippen molar-refractivity contribution in [2.45, 2.75) is 32.2 Å². The van der Waals surface area contributed by atoms with Gasteiger partial charge in [-0.15, -0.1) is 0 Å². The molecule has 1 rings (SSSR count). The van der Waals surface area contributed by atoms with Crippen molar-refractivity contribution in [3.8, 4) is 0 Å². The lowest BCUT2D eigenvalue weighted by Crippen LogP contribution is -2.40. The minimum absolute atomic E-state index is 0.0362. The first-order valence-electron chi connectivity index (χ1n) is 4.76. The third-order valence-corrected chi connectivity index (χ3v) is 2.58. The van der Waals surface area contributed by atoms with Crippen LogP contribution >= 0.6 is 0 Å². The Bertz CT molecular complexity index is 215. The molecule has 3 nitrogen and oxygen atoms in total. The number of amides is 1. The van der Waals surface area contributed by atoms with Gasteiger partial charge < -0.3 is 5.73 Å². The molecule has 0 radical (unpaired) electrons. The smallest absolute Gasteiger partial charge is 0.241 e. The fraction of sp³-hybridized carbons (Fsp3) is 0.700. The van der Waals surface area contributed by atoms with E-state index >= 15 is 0 Å². The molecule has 0 atom stereocenters. The van der Waals surface area contributed by atoms with Gasteiger partial charge in [0.15, 0.2) is 0 Å². The standard InChI is InChI=1S/C10H18N2O/c1-10(2,6-5-9(11)13)12-7-3-4-8-12/h5-6H,3-4,7-8H2,1-2H3,(H2,11,13)/b6-5+. The number of hydrogen-bond acceptors (Lipinski definition) is 2. The molecule has 0 aliphatic carbocycles. The first-order chi connectivity index (χ1) is 6.02. The van der Waals surface area contributed by atoms with Gasteiger partial charge in [-0.2, -0.15) is 0 Å². The van der Waals surface area contributed by atoms with Crippen LogP contribution in [0.15, 0.2) is 12.2 Å². The highest BCUT2D eigenvalue weighted by Crippen LogP contribution is 2.21. The molecule has 74 valence electrons. The van der Waals surface area contributed by atoms with E-state index in [-0.39, 0.29) is 11.4 Å². The van der Waals surface area contributed by atoms with Crippen molar-refractivity contribution >= 4 is 5.91 Å². The number of rotatable bonds is 3. The normalized spacial score (nSPS) is 19.8. The van der Waals surface area contributed by atoms with E-state index < -0.39 is 0 Å². The number of carbonyl (C=O) groups excluding carboxylic acids is 1. The van der Waals surface area contributed by atoms with Crippen molar-refractivity contribution in [2.75, 3.05) is 13.1 Å². The van der Waals surface area contributed by atoms with Crippen LogP contribution in [-0.4, -0.2) is 29.4 Å². The summed E-state index contributed by atoms with van der Waals surface area (Å²) in [5, 5.41) is 0. The van der Waals surface area contributed by atoms with Gasteiger partial charge in [-0.05, 0) is 39.8 Å². The Hall–Kier alpha value is -0.830. The van der Waals surface area contributed by atoms with Gasteiger partial charge in [-0.25, -0.2) is 0 Å². The fourth-order valence-corrected chi connectivity index (χ4v) is 1.68. The molecule has 0 spiro atoms. The fourth-order valence-electron chi connectivity index (χ4n) is 1.68. The second-order valence-electron chi connectivity index (χ2n) is 4.08. The lowest BCUT2D eigenvalue weighted by Gasteiger charge is -2.32. The van der Waals surface area contributed by atoms with Gasteiger partial charge in [0.25, 0.3) is 0 Å². The van der Waals surface area contributed by atoms with Crippen LogP contribution in [0.4, 0.5) is 0 Å². The molecular weight excluding hydrogens is 164 g/mol. The third-order valence-electron chi connectivity index (χ3n) is 2.58. The van der Waals surface area contributed by atoms with Crippen molar-refractivity contribution in [3.63, 3.8) is 0 Å². The first-order valence-corrected chi connectivity index (χ1v) is 4.76. The Labute approximate surface area is 79.6 Å². The van der Waals surface area contributed by atoms with Crippen LogP contribution in [-0.2, 0) is 4.79 Å². The Balaban J connectivity index is 2.58. The van der Waals surface area contributed by atoms with Crippen LogP contribution < -0.4 is 5.73 Å². The zero-order chi connectivity index (χ0) is 9.90. The molecule has 1 heterocycles. The molecule has 0 aromatic heterocycles. The monoisotopic (exact) mass is 182 g/mol. The van der Waals surface area contributed by atoms with E-state index in [4.69, 9.17) is 5.73 Å². The summed E-state index contributed by atoms with van der Waals surface area (Å²) in [6.07, 6.45) is 5.86. The van der Waals surface area contributed by atoms with Gasteiger partial charge in [-0.1, -0.05) is 6.08 Å².